The van der Waals surface area contributed by atoms with E-state index in [1.165, 1.54) is 6.21 Å². The summed E-state index contributed by atoms with van der Waals surface area (Å²) < 4.78 is 12.6. The highest BCUT2D eigenvalue weighted by atomic mass is 79.9. The van der Waals surface area contributed by atoms with Gasteiger partial charge in [-0.05, 0) is 57.9 Å². The molecule has 1 N–H and O–H groups in total. The van der Waals surface area contributed by atoms with Crippen LogP contribution in [0.4, 0.5) is 0 Å². The number of carbonyl (C=O) groups is 1. The summed E-state index contributed by atoms with van der Waals surface area (Å²) in [5.74, 6) is 0.244. The summed E-state index contributed by atoms with van der Waals surface area (Å²) in [6.45, 7) is 3.94. The number of ether oxygens (including phenoxy) is 1. The zero-order chi connectivity index (χ0) is 19.4. The zero-order valence-corrected chi connectivity index (χ0v) is 17.8. The van der Waals surface area contributed by atoms with Gasteiger partial charge in [0, 0.05) is 9.86 Å². The number of nitrogens with one attached hydrogen (secondary N) is 1. The van der Waals surface area contributed by atoms with Crippen LogP contribution in [0.3, 0.4) is 0 Å². The summed E-state index contributed by atoms with van der Waals surface area (Å²) in [6.07, 6.45) is 3.11. The maximum absolute atomic E-state index is 12.2. The third-order valence-electron chi connectivity index (χ3n) is 3.45. The minimum Gasteiger partial charge on any atom is -0.487 e. The van der Waals surface area contributed by atoms with Gasteiger partial charge in [-0.2, -0.15) is 5.10 Å². The molecule has 1 heterocycles. The molecule has 0 aliphatic carbocycles. The predicted octanol–water partition coefficient (Wildman–Crippen LogP) is 5.94. The van der Waals surface area contributed by atoms with Crippen molar-refractivity contribution in [2.24, 2.45) is 5.10 Å². The van der Waals surface area contributed by atoms with Gasteiger partial charge in [0.1, 0.15) is 12.2 Å². The Bertz CT molecular complexity index is 1020. The fourth-order valence-electron chi connectivity index (χ4n) is 2.28. The van der Waals surface area contributed by atoms with Crippen molar-refractivity contribution in [3.63, 3.8) is 0 Å². The van der Waals surface area contributed by atoms with Crippen molar-refractivity contribution in [2.45, 2.75) is 0 Å². The third kappa shape index (κ3) is 4.80. The lowest BCUT2D eigenvalue weighted by atomic mass is 10.2. The van der Waals surface area contributed by atoms with Crippen LogP contribution in [0.25, 0.3) is 11.0 Å². The molecule has 0 saturated heterocycles. The van der Waals surface area contributed by atoms with Crippen LogP contribution in [-0.4, -0.2) is 18.7 Å². The first-order valence-electron chi connectivity index (χ1n) is 7.73. The fourth-order valence-corrected chi connectivity index (χ4v) is 3.65. The number of hydrogen-bond donors (Lipinski definition) is 1. The molecule has 0 radical (unpaired) electrons. The van der Waals surface area contributed by atoms with E-state index in [2.05, 4.69) is 49.0 Å². The van der Waals surface area contributed by atoms with E-state index >= 15 is 0 Å². The lowest BCUT2D eigenvalue weighted by molar-refractivity contribution is 0.0929. The molecule has 138 valence electrons. The van der Waals surface area contributed by atoms with Crippen LogP contribution in [0.5, 0.6) is 5.75 Å². The van der Waals surface area contributed by atoms with Crippen molar-refractivity contribution in [3.8, 4) is 5.75 Å². The van der Waals surface area contributed by atoms with Crippen LogP contribution in [0, 0.1) is 0 Å². The molecule has 0 fully saturated rings. The van der Waals surface area contributed by atoms with Crippen LogP contribution < -0.4 is 10.2 Å². The number of rotatable bonds is 6. The Hall–Kier alpha value is -2.09. The monoisotopic (exact) mass is 510 g/mol. The Balaban J connectivity index is 1.70. The summed E-state index contributed by atoms with van der Waals surface area (Å²) in [5, 5.41) is 5.19. The van der Waals surface area contributed by atoms with Gasteiger partial charge >= 0.3 is 5.91 Å². The normalized spacial score (nSPS) is 11.1. The van der Waals surface area contributed by atoms with Gasteiger partial charge in [-0.15, -0.1) is 0 Å². The van der Waals surface area contributed by atoms with E-state index in [0.717, 1.165) is 9.86 Å². The number of amides is 1. The van der Waals surface area contributed by atoms with Crippen LogP contribution in [0.2, 0.25) is 5.02 Å². The number of halogens is 3. The first-order valence-corrected chi connectivity index (χ1v) is 9.69. The molecule has 0 aliphatic rings. The van der Waals surface area contributed by atoms with Crippen LogP contribution >= 0.6 is 43.5 Å². The summed E-state index contributed by atoms with van der Waals surface area (Å²) in [4.78, 5) is 12.2. The molecule has 0 aliphatic heterocycles. The van der Waals surface area contributed by atoms with Crippen molar-refractivity contribution in [2.75, 3.05) is 6.61 Å². The number of benzene rings is 2. The van der Waals surface area contributed by atoms with Gasteiger partial charge in [-0.3, -0.25) is 4.79 Å². The Kier molecular flexibility index (Phi) is 6.36. The Labute approximate surface area is 177 Å². The van der Waals surface area contributed by atoms with Crippen LogP contribution in [0.1, 0.15) is 16.1 Å². The molecule has 0 spiro atoms. The highest BCUT2D eigenvalue weighted by molar-refractivity contribution is 9.10. The SMILES string of the molecule is C=CCOc1c(Cl)cc(/C=N/NC(=O)c2cc3cc(Br)ccc3o2)cc1Br. The second-order valence-corrected chi connectivity index (χ2v) is 7.58. The van der Waals surface area contributed by atoms with Crippen molar-refractivity contribution in [1.29, 1.82) is 0 Å². The molecule has 0 unspecified atom stereocenters. The molecule has 0 saturated carbocycles. The number of hydrazone groups is 1. The Morgan fingerprint density at radius 1 is 1.30 bits per heavy atom. The van der Waals surface area contributed by atoms with Gasteiger partial charge < -0.3 is 9.15 Å². The van der Waals surface area contributed by atoms with Gasteiger partial charge in [-0.25, -0.2) is 5.43 Å². The second kappa shape index (κ2) is 8.73. The first-order chi connectivity index (χ1) is 13.0. The third-order valence-corrected chi connectivity index (χ3v) is 4.81. The quantitative estimate of drug-likeness (QED) is 0.253. The molecular formula is C19H13Br2ClN2O3. The highest BCUT2D eigenvalue weighted by Gasteiger charge is 2.12. The number of fused-ring (bicyclic) bond motifs is 1. The molecule has 1 amide bonds. The van der Waals surface area contributed by atoms with Gasteiger partial charge in [0.25, 0.3) is 0 Å². The first kappa shape index (κ1) is 19.7. The Morgan fingerprint density at radius 3 is 2.85 bits per heavy atom. The van der Waals surface area contributed by atoms with E-state index < -0.39 is 5.91 Å². The maximum atomic E-state index is 12.2. The number of hydrogen-bond acceptors (Lipinski definition) is 4. The van der Waals surface area contributed by atoms with E-state index in [9.17, 15) is 4.79 Å². The fraction of sp³-hybridized carbons (Fsp3) is 0.0526. The van der Waals surface area contributed by atoms with Gasteiger partial charge in [-0.1, -0.05) is 40.2 Å². The molecule has 1 aromatic heterocycles. The van der Waals surface area contributed by atoms with Crippen molar-refractivity contribution in [3.05, 3.63) is 74.3 Å². The average Bonchev–Trinajstić information content (AvgIpc) is 3.04. The van der Waals surface area contributed by atoms with Gasteiger partial charge in [0.15, 0.2) is 11.5 Å². The van der Waals surface area contributed by atoms with Crippen molar-refractivity contribution >= 4 is 66.6 Å². The average molecular weight is 513 g/mol. The summed E-state index contributed by atoms with van der Waals surface area (Å²) in [5.41, 5.74) is 3.74. The van der Waals surface area contributed by atoms with Gasteiger partial charge in [0.2, 0.25) is 0 Å². The lowest BCUT2D eigenvalue weighted by Gasteiger charge is -2.09. The number of carbonyl (C=O) groups excluding carboxylic acids is 1. The predicted molar refractivity (Wildman–Crippen MR) is 114 cm³/mol. The van der Waals surface area contributed by atoms with Crippen molar-refractivity contribution < 1.29 is 13.9 Å². The molecule has 3 aromatic rings. The largest absolute Gasteiger partial charge is 0.487 e. The summed E-state index contributed by atoms with van der Waals surface area (Å²) >= 11 is 13.0. The number of furan rings is 1. The molecule has 5 nitrogen and oxygen atoms in total. The molecule has 8 heteroatoms. The minimum atomic E-state index is -0.449. The van der Waals surface area contributed by atoms with Gasteiger partial charge in [0.05, 0.1) is 15.7 Å². The second-order valence-electron chi connectivity index (χ2n) is 5.41. The summed E-state index contributed by atoms with van der Waals surface area (Å²) in [6, 6.07) is 10.6. The molecule has 0 atom stereocenters. The van der Waals surface area contributed by atoms with E-state index in [1.54, 1.807) is 30.3 Å². The molecule has 2 aromatic carbocycles. The van der Waals surface area contributed by atoms with E-state index in [0.29, 0.717) is 33.0 Å². The zero-order valence-electron chi connectivity index (χ0n) is 13.8. The molecule has 0 bridgehead atoms. The van der Waals surface area contributed by atoms with E-state index in [4.69, 9.17) is 20.8 Å². The molecule has 3 rings (SSSR count). The Morgan fingerprint density at radius 2 is 2.11 bits per heavy atom. The van der Waals surface area contributed by atoms with Crippen LogP contribution in [-0.2, 0) is 0 Å². The smallest absolute Gasteiger partial charge is 0.307 e. The lowest BCUT2D eigenvalue weighted by Crippen LogP contribution is -2.16. The molecule has 27 heavy (non-hydrogen) atoms. The van der Waals surface area contributed by atoms with Crippen molar-refractivity contribution in [1.82, 2.24) is 5.43 Å². The van der Waals surface area contributed by atoms with Crippen LogP contribution in [0.15, 0.2) is 67.5 Å². The standard InChI is InChI=1S/C19H13Br2ClN2O3/c1-2-5-26-18-14(21)6-11(7-15(18)22)10-23-24-19(25)17-9-12-8-13(20)3-4-16(12)27-17/h2-4,6-10H,1,5H2,(H,24,25)/b23-10+. The van der Waals surface area contributed by atoms with E-state index in [-0.39, 0.29) is 5.76 Å². The maximum Gasteiger partial charge on any atom is 0.307 e. The van der Waals surface area contributed by atoms with E-state index in [1.807, 2.05) is 12.1 Å². The minimum absolute atomic E-state index is 0.174. The topological polar surface area (TPSA) is 63.8 Å². The number of nitrogens with zero attached hydrogens (tertiary/aromatic N) is 1. The molecular weight excluding hydrogens is 499 g/mol. The summed E-state index contributed by atoms with van der Waals surface area (Å²) in [7, 11) is 0. The highest BCUT2D eigenvalue weighted by Crippen LogP contribution is 2.34.